The van der Waals surface area contributed by atoms with Crippen LogP contribution in [0.4, 0.5) is 15.1 Å². The molecule has 1 atom stereocenters. The molecule has 0 radical (unpaired) electrons. The number of hydrogen-bond acceptors (Lipinski definition) is 4. The number of halogens is 1. The number of nitrogens with one attached hydrogen (secondary N) is 2. The normalized spacial score (nSPS) is 15.9. The summed E-state index contributed by atoms with van der Waals surface area (Å²) in [6.07, 6.45) is 2.85. The Morgan fingerprint density at radius 2 is 2.15 bits per heavy atom. The van der Waals surface area contributed by atoms with Crippen LogP contribution in [0.3, 0.4) is 0 Å². The van der Waals surface area contributed by atoms with Gasteiger partial charge in [0.15, 0.2) is 5.11 Å². The molecule has 0 fully saturated rings. The monoisotopic (exact) mass is 392 g/mol. The van der Waals surface area contributed by atoms with Gasteiger partial charge in [0.25, 0.3) is 0 Å². The summed E-state index contributed by atoms with van der Waals surface area (Å²) in [7, 11) is 0. The highest BCUT2D eigenvalue weighted by Gasteiger charge is 2.28. The van der Waals surface area contributed by atoms with Gasteiger partial charge in [0.05, 0.1) is 17.9 Å². The molecule has 3 rings (SSSR count). The minimum Gasteiger partial charge on any atom is -0.462 e. The van der Waals surface area contributed by atoms with Gasteiger partial charge in [-0.15, -0.1) is 11.3 Å². The van der Waals surface area contributed by atoms with Crippen LogP contribution < -0.4 is 10.6 Å². The summed E-state index contributed by atoms with van der Waals surface area (Å²) in [5, 5.41) is 6.82. The highest BCUT2D eigenvalue weighted by molar-refractivity contribution is 7.80. The lowest BCUT2D eigenvalue weighted by atomic mass is 9.88. The fourth-order valence-electron chi connectivity index (χ4n) is 3.08. The molecule has 0 aliphatic heterocycles. The van der Waals surface area contributed by atoms with E-state index in [0.717, 1.165) is 24.8 Å². The van der Waals surface area contributed by atoms with Crippen LogP contribution in [0.1, 0.15) is 41.1 Å². The molecule has 2 N–H and O–H groups in total. The lowest BCUT2D eigenvalue weighted by Crippen LogP contribution is -2.21. The first-order valence-corrected chi connectivity index (χ1v) is 9.86. The Morgan fingerprint density at radius 3 is 2.88 bits per heavy atom. The summed E-state index contributed by atoms with van der Waals surface area (Å²) < 4.78 is 19.0. The fourth-order valence-corrected chi connectivity index (χ4v) is 4.76. The maximum atomic E-state index is 13.8. The van der Waals surface area contributed by atoms with Crippen molar-refractivity contribution in [2.24, 2.45) is 5.92 Å². The second-order valence-corrected chi connectivity index (χ2v) is 7.85. The van der Waals surface area contributed by atoms with E-state index < -0.39 is 0 Å². The highest BCUT2D eigenvalue weighted by atomic mass is 32.1. The van der Waals surface area contributed by atoms with Crippen molar-refractivity contribution < 1.29 is 13.9 Å². The Bertz CT molecular complexity index is 835. The average Bonchev–Trinajstić information content (AvgIpc) is 2.93. The zero-order chi connectivity index (χ0) is 18.7. The predicted octanol–water partition coefficient (Wildman–Crippen LogP) is 5.00. The van der Waals surface area contributed by atoms with Crippen molar-refractivity contribution in [3.63, 3.8) is 0 Å². The van der Waals surface area contributed by atoms with E-state index in [0.29, 0.717) is 23.1 Å². The van der Waals surface area contributed by atoms with E-state index in [4.69, 9.17) is 17.0 Å². The Morgan fingerprint density at radius 1 is 1.38 bits per heavy atom. The maximum absolute atomic E-state index is 13.8. The van der Waals surface area contributed by atoms with Crippen molar-refractivity contribution in [1.82, 2.24) is 0 Å². The van der Waals surface area contributed by atoms with Crippen LogP contribution in [-0.2, 0) is 17.6 Å². The van der Waals surface area contributed by atoms with E-state index in [2.05, 4.69) is 17.6 Å². The SMILES string of the molecule is CCOC(=O)c1c(NC(=S)Nc2ccccc2F)sc2c1CC[C@H](C)C2. The average molecular weight is 393 g/mol. The molecule has 0 unspecified atom stereocenters. The van der Waals surface area contributed by atoms with Crippen LogP contribution >= 0.6 is 23.6 Å². The van der Waals surface area contributed by atoms with Gasteiger partial charge in [-0.05, 0) is 62.0 Å². The summed E-state index contributed by atoms with van der Waals surface area (Å²) >= 11 is 6.85. The van der Waals surface area contributed by atoms with Crippen LogP contribution in [0.5, 0.6) is 0 Å². The Balaban J connectivity index is 1.85. The maximum Gasteiger partial charge on any atom is 0.341 e. The zero-order valence-corrected chi connectivity index (χ0v) is 16.4. The number of hydrogen-bond donors (Lipinski definition) is 2. The predicted molar refractivity (Wildman–Crippen MR) is 108 cm³/mol. The number of thiocarbonyl (C=S) groups is 1. The van der Waals surface area contributed by atoms with Crippen LogP contribution in [0.25, 0.3) is 0 Å². The molecule has 0 spiro atoms. The lowest BCUT2D eigenvalue weighted by Gasteiger charge is -2.18. The van der Waals surface area contributed by atoms with Gasteiger partial charge in [0.1, 0.15) is 10.8 Å². The standard InChI is InChI=1S/C19H21FN2O2S2/c1-3-24-18(23)16-12-9-8-11(2)10-15(12)26-17(16)22-19(25)21-14-7-5-4-6-13(14)20/h4-7,11H,3,8-10H2,1-2H3,(H2,21,22,25)/t11-/m0/s1. The van der Waals surface area contributed by atoms with Gasteiger partial charge < -0.3 is 15.4 Å². The van der Waals surface area contributed by atoms with Crippen LogP contribution in [-0.4, -0.2) is 17.7 Å². The number of carbonyl (C=O) groups excluding carboxylic acids is 1. The van der Waals surface area contributed by atoms with Gasteiger partial charge in [-0.3, -0.25) is 0 Å². The molecule has 1 aliphatic rings. The third-order valence-corrected chi connectivity index (χ3v) is 5.71. The molecule has 0 saturated carbocycles. The minimum atomic E-state index is -0.387. The smallest absolute Gasteiger partial charge is 0.341 e. The molecule has 7 heteroatoms. The van der Waals surface area contributed by atoms with Crippen LogP contribution in [0, 0.1) is 11.7 Å². The summed E-state index contributed by atoms with van der Waals surface area (Å²) in [5.74, 6) is -0.134. The van der Waals surface area contributed by atoms with Crippen molar-refractivity contribution >= 4 is 45.3 Å². The van der Waals surface area contributed by atoms with Crippen molar-refractivity contribution in [2.75, 3.05) is 17.2 Å². The molecule has 26 heavy (non-hydrogen) atoms. The van der Waals surface area contributed by atoms with Gasteiger partial charge in [0.2, 0.25) is 0 Å². The van der Waals surface area contributed by atoms with Gasteiger partial charge in [-0.2, -0.15) is 0 Å². The summed E-state index contributed by atoms with van der Waals surface area (Å²) in [6, 6.07) is 6.31. The summed E-state index contributed by atoms with van der Waals surface area (Å²) in [5.41, 5.74) is 1.91. The van der Waals surface area contributed by atoms with Crippen molar-refractivity contribution in [1.29, 1.82) is 0 Å². The number of ether oxygens (including phenoxy) is 1. The molecule has 1 aromatic carbocycles. The molecule has 1 aliphatic carbocycles. The molecule has 0 saturated heterocycles. The number of para-hydroxylation sites is 1. The first kappa shape index (κ1) is 18.8. The molecular formula is C19H21FN2O2S2. The first-order valence-electron chi connectivity index (χ1n) is 8.63. The third-order valence-electron chi connectivity index (χ3n) is 4.34. The largest absolute Gasteiger partial charge is 0.462 e. The number of esters is 1. The molecule has 0 bridgehead atoms. The molecule has 1 aromatic heterocycles. The fraction of sp³-hybridized carbons (Fsp3) is 0.368. The van der Waals surface area contributed by atoms with Crippen LogP contribution in [0.15, 0.2) is 24.3 Å². The number of benzene rings is 1. The van der Waals surface area contributed by atoms with Gasteiger partial charge in [-0.1, -0.05) is 19.1 Å². The number of carbonyl (C=O) groups is 1. The lowest BCUT2D eigenvalue weighted by molar-refractivity contribution is 0.0526. The van der Waals surface area contributed by atoms with E-state index in [-0.39, 0.29) is 22.6 Å². The molecule has 138 valence electrons. The number of rotatable bonds is 4. The molecule has 1 heterocycles. The summed E-state index contributed by atoms with van der Waals surface area (Å²) in [4.78, 5) is 13.7. The van der Waals surface area contributed by atoms with E-state index in [1.807, 2.05) is 0 Å². The van der Waals surface area contributed by atoms with Gasteiger partial charge in [0, 0.05) is 4.88 Å². The second-order valence-electron chi connectivity index (χ2n) is 6.34. The highest BCUT2D eigenvalue weighted by Crippen LogP contribution is 2.40. The summed E-state index contributed by atoms with van der Waals surface area (Å²) in [6.45, 7) is 4.32. The molecule has 0 amide bonds. The van der Waals surface area contributed by atoms with Crippen molar-refractivity contribution in [2.45, 2.75) is 33.1 Å². The van der Waals surface area contributed by atoms with Gasteiger partial charge >= 0.3 is 5.97 Å². The van der Waals surface area contributed by atoms with E-state index in [1.54, 1.807) is 25.1 Å². The van der Waals surface area contributed by atoms with E-state index in [1.165, 1.54) is 22.3 Å². The topological polar surface area (TPSA) is 50.4 Å². The van der Waals surface area contributed by atoms with Crippen LogP contribution in [0.2, 0.25) is 0 Å². The van der Waals surface area contributed by atoms with E-state index >= 15 is 0 Å². The van der Waals surface area contributed by atoms with Crippen molar-refractivity contribution in [3.05, 3.63) is 46.1 Å². The number of thiophene rings is 1. The van der Waals surface area contributed by atoms with Gasteiger partial charge in [-0.25, -0.2) is 9.18 Å². The Labute approximate surface area is 161 Å². The molecule has 4 nitrogen and oxygen atoms in total. The quantitative estimate of drug-likeness (QED) is 0.567. The van der Waals surface area contributed by atoms with Crippen molar-refractivity contribution in [3.8, 4) is 0 Å². The molecule has 2 aromatic rings. The Kier molecular flexibility index (Phi) is 5.88. The minimum absolute atomic E-state index is 0.243. The Hall–Kier alpha value is -1.99. The number of anilines is 2. The number of fused-ring (bicyclic) bond motifs is 1. The molecular weight excluding hydrogens is 371 g/mol. The first-order chi connectivity index (χ1) is 12.5. The zero-order valence-electron chi connectivity index (χ0n) is 14.7. The second kappa shape index (κ2) is 8.14. The third kappa shape index (κ3) is 4.04. The van der Waals surface area contributed by atoms with E-state index in [9.17, 15) is 9.18 Å².